The monoisotopic (exact) mass is 406 g/mol. The van der Waals surface area contributed by atoms with E-state index in [1.165, 1.54) is 19.3 Å². The van der Waals surface area contributed by atoms with Gasteiger partial charge in [-0.3, -0.25) is 0 Å². The van der Waals surface area contributed by atoms with Gasteiger partial charge in [0, 0.05) is 12.6 Å². The molecule has 140 valence electrons. The minimum Gasteiger partial charge on any atom is -0.387 e. The quantitative estimate of drug-likeness (QED) is 0.543. The van der Waals surface area contributed by atoms with Gasteiger partial charge in [0.1, 0.15) is 12.7 Å². The van der Waals surface area contributed by atoms with Crippen LogP contribution < -0.4 is 5.32 Å². The summed E-state index contributed by atoms with van der Waals surface area (Å²) >= 11 is 11.9. The Morgan fingerprint density at radius 1 is 1.28 bits per heavy atom. The average Bonchev–Trinajstić information content (AvgIpc) is 2.61. The first-order valence-corrected chi connectivity index (χ1v) is 11.0. The fourth-order valence-electron chi connectivity index (χ4n) is 3.04. The van der Waals surface area contributed by atoms with Gasteiger partial charge in [-0.15, -0.1) is 4.52 Å². The van der Waals surface area contributed by atoms with Crippen LogP contribution in [0.5, 0.6) is 0 Å². The summed E-state index contributed by atoms with van der Waals surface area (Å²) in [6.45, 7) is 2.87. The van der Waals surface area contributed by atoms with E-state index in [1.54, 1.807) is 6.07 Å². The lowest BCUT2D eigenvalue weighted by molar-refractivity contribution is 0.178. The second-order valence-corrected chi connectivity index (χ2v) is 8.88. The molecule has 3 unspecified atom stereocenters. The third-order valence-corrected chi connectivity index (χ3v) is 6.54. The normalized spacial score (nSPS) is 18.8. The van der Waals surface area contributed by atoms with Gasteiger partial charge in [0.2, 0.25) is 6.16 Å². The molecule has 1 aromatic carbocycles. The van der Waals surface area contributed by atoms with Gasteiger partial charge in [-0.1, -0.05) is 48.5 Å². The maximum absolute atomic E-state index is 12.0. The summed E-state index contributed by atoms with van der Waals surface area (Å²) in [5.41, 5.74) is 0.986. The molecule has 25 heavy (non-hydrogen) atoms. The van der Waals surface area contributed by atoms with Crippen molar-refractivity contribution in [1.82, 2.24) is 5.32 Å². The van der Waals surface area contributed by atoms with Crippen molar-refractivity contribution in [3.8, 4) is 0 Å². The fraction of sp³-hybridized carbons (Fsp3) is 0.667. The summed E-state index contributed by atoms with van der Waals surface area (Å²) < 4.78 is 17.5. The van der Waals surface area contributed by atoms with E-state index < -0.39 is 14.1 Å². The summed E-state index contributed by atoms with van der Waals surface area (Å²) in [4.78, 5) is 0. The van der Waals surface area contributed by atoms with Crippen LogP contribution in [0, 0.1) is 5.92 Å². The molecule has 0 aromatic heterocycles. The smallest absolute Gasteiger partial charge is 0.387 e. The molecule has 3 atom stereocenters. The van der Waals surface area contributed by atoms with Crippen molar-refractivity contribution in [3.05, 3.63) is 33.8 Å². The van der Waals surface area contributed by atoms with Crippen LogP contribution in [0.4, 0.5) is 0 Å². The van der Waals surface area contributed by atoms with Crippen molar-refractivity contribution in [1.29, 1.82) is 0 Å². The van der Waals surface area contributed by atoms with Crippen molar-refractivity contribution < 1.29 is 14.2 Å². The van der Waals surface area contributed by atoms with E-state index in [1.807, 2.05) is 19.1 Å². The molecule has 0 spiro atoms. The molecule has 0 saturated heterocycles. The number of aliphatic hydroxyl groups is 1. The maximum atomic E-state index is 12.0. The van der Waals surface area contributed by atoms with Crippen molar-refractivity contribution in [2.24, 2.45) is 5.92 Å². The largest absolute Gasteiger partial charge is 0.510 e. The van der Waals surface area contributed by atoms with Crippen LogP contribution in [0.1, 0.15) is 50.6 Å². The summed E-state index contributed by atoms with van der Waals surface area (Å²) in [5, 5.41) is 14.3. The van der Waals surface area contributed by atoms with Gasteiger partial charge in [0.05, 0.1) is 10.0 Å². The number of nitrogens with one attached hydrogen (secondary N) is 1. The SMILES string of the molecule is CC(NCC(O)C[P+](=O)OCC1CCCCC1)c1ccc(Cl)c(Cl)c1. The molecule has 0 bridgehead atoms. The topological polar surface area (TPSA) is 58.6 Å². The highest BCUT2D eigenvalue weighted by molar-refractivity contribution is 7.39. The number of halogens is 2. The standard InChI is InChI=1S/C18H27Cl2NO3P/c1-13(15-7-8-17(19)18(20)9-15)21-10-16(22)12-25(23)24-11-14-5-3-2-4-6-14/h7-9,13-14,16,21-22H,2-6,10-12H2,1H3/q+1. The Hall–Kier alpha value is -0.220. The molecular weight excluding hydrogens is 380 g/mol. The molecule has 0 radical (unpaired) electrons. The number of hydrogen-bond acceptors (Lipinski definition) is 4. The Morgan fingerprint density at radius 2 is 2.00 bits per heavy atom. The zero-order valence-corrected chi connectivity index (χ0v) is 17.0. The Bertz CT molecular complexity index is 567. The highest BCUT2D eigenvalue weighted by atomic mass is 35.5. The minimum atomic E-state index is -1.82. The van der Waals surface area contributed by atoms with Crippen molar-refractivity contribution >= 4 is 31.2 Å². The van der Waals surface area contributed by atoms with Crippen LogP contribution in [0.2, 0.25) is 10.0 Å². The molecule has 1 aliphatic rings. The molecule has 1 saturated carbocycles. The van der Waals surface area contributed by atoms with Crippen molar-refractivity contribution in [3.63, 3.8) is 0 Å². The molecule has 1 aromatic rings. The molecule has 0 amide bonds. The van der Waals surface area contributed by atoms with Crippen molar-refractivity contribution in [2.75, 3.05) is 19.3 Å². The number of aliphatic hydroxyl groups excluding tert-OH is 1. The molecule has 2 N–H and O–H groups in total. The lowest BCUT2D eigenvalue weighted by Crippen LogP contribution is -2.30. The Morgan fingerprint density at radius 3 is 2.68 bits per heavy atom. The predicted molar refractivity (Wildman–Crippen MR) is 104 cm³/mol. The molecule has 1 fully saturated rings. The van der Waals surface area contributed by atoms with E-state index in [0.29, 0.717) is 29.1 Å². The third-order valence-electron chi connectivity index (χ3n) is 4.64. The maximum Gasteiger partial charge on any atom is 0.510 e. The molecule has 0 aliphatic heterocycles. The summed E-state index contributed by atoms with van der Waals surface area (Å²) in [6.07, 6.45) is 5.55. The van der Waals surface area contributed by atoms with E-state index >= 15 is 0 Å². The molecule has 0 heterocycles. The highest BCUT2D eigenvalue weighted by Crippen LogP contribution is 2.30. The molecule has 1 aliphatic carbocycles. The number of benzene rings is 1. The molecule has 7 heteroatoms. The second-order valence-electron chi connectivity index (χ2n) is 6.77. The molecule has 4 nitrogen and oxygen atoms in total. The van der Waals surface area contributed by atoms with E-state index in [-0.39, 0.29) is 12.2 Å². The van der Waals surface area contributed by atoms with E-state index in [4.69, 9.17) is 27.7 Å². The molecular formula is C18H27Cl2NO3P+. The van der Waals surface area contributed by atoms with Crippen molar-refractivity contribution in [2.45, 2.75) is 51.2 Å². The summed E-state index contributed by atoms with van der Waals surface area (Å²) in [7, 11) is -1.82. The summed E-state index contributed by atoms with van der Waals surface area (Å²) in [5.74, 6) is 0.526. The van der Waals surface area contributed by atoms with E-state index in [0.717, 1.165) is 18.4 Å². The average molecular weight is 407 g/mol. The molecule has 2 rings (SSSR count). The van der Waals surface area contributed by atoms with E-state index in [2.05, 4.69) is 5.32 Å². The second kappa shape index (κ2) is 10.8. The predicted octanol–water partition coefficient (Wildman–Crippen LogP) is 5.34. The minimum absolute atomic E-state index is 0.00505. The van der Waals surface area contributed by atoms with Gasteiger partial charge in [-0.2, -0.15) is 0 Å². The first-order chi connectivity index (χ1) is 12.0. The Balaban J connectivity index is 1.67. The first kappa shape index (κ1) is 21.1. The van der Waals surface area contributed by atoms with Crippen LogP contribution in [-0.2, 0) is 9.09 Å². The van der Waals surface area contributed by atoms with Gasteiger partial charge >= 0.3 is 8.03 Å². The lowest BCUT2D eigenvalue weighted by atomic mass is 9.90. The fourth-order valence-corrected chi connectivity index (χ4v) is 4.31. The highest BCUT2D eigenvalue weighted by Gasteiger charge is 2.26. The van der Waals surface area contributed by atoms with Gasteiger partial charge in [0.25, 0.3) is 0 Å². The Labute approximate surface area is 161 Å². The first-order valence-electron chi connectivity index (χ1n) is 8.89. The zero-order valence-electron chi connectivity index (χ0n) is 14.6. The van der Waals surface area contributed by atoms with Crippen LogP contribution in [0.25, 0.3) is 0 Å². The van der Waals surface area contributed by atoms with Crippen LogP contribution in [0.15, 0.2) is 18.2 Å². The van der Waals surface area contributed by atoms with Crippen LogP contribution >= 0.6 is 31.2 Å². The zero-order chi connectivity index (χ0) is 18.2. The van der Waals surface area contributed by atoms with Gasteiger partial charge < -0.3 is 10.4 Å². The van der Waals surface area contributed by atoms with Crippen LogP contribution in [0.3, 0.4) is 0 Å². The Kier molecular flexibility index (Phi) is 9.12. The number of rotatable bonds is 9. The summed E-state index contributed by atoms with van der Waals surface area (Å²) in [6, 6.07) is 5.46. The third kappa shape index (κ3) is 7.50. The van der Waals surface area contributed by atoms with E-state index in [9.17, 15) is 9.67 Å². The number of hydrogen-bond donors (Lipinski definition) is 2. The van der Waals surface area contributed by atoms with Crippen LogP contribution in [-0.4, -0.2) is 30.5 Å². The van der Waals surface area contributed by atoms with Gasteiger partial charge in [-0.25, -0.2) is 0 Å². The van der Waals surface area contributed by atoms with Gasteiger partial charge in [0.15, 0.2) is 0 Å². The van der Waals surface area contributed by atoms with Gasteiger partial charge in [-0.05, 0) is 47.9 Å². The lowest BCUT2D eigenvalue weighted by Gasteiger charge is -2.18.